The van der Waals surface area contributed by atoms with Crippen molar-refractivity contribution in [2.75, 3.05) is 44.8 Å². The Labute approximate surface area is 232 Å². The van der Waals surface area contributed by atoms with Crippen molar-refractivity contribution in [1.82, 2.24) is 24.8 Å². The zero-order valence-electron chi connectivity index (χ0n) is 23.4. The van der Waals surface area contributed by atoms with Crippen LogP contribution in [-0.2, 0) is 23.8 Å². The van der Waals surface area contributed by atoms with Crippen molar-refractivity contribution >= 4 is 40.9 Å². The molecule has 1 fully saturated rings. The highest BCUT2D eigenvalue weighted by molar-refractivity contribution is 5.93. The van der Waals surface area contributed by atoms with E-state index in [1.165, 1.54) is 17.1 Å². The normalized spacial score (nSPS) is 17.1. The monoisotopic (exact) mass is 557 g/mol. The van der Waals surface area contributed by atoms with Gasteiger partial charge >= 0.3 is 18.2 Å². The molecule has 0 spiro atoms. The maximum Gasteiger partial charge on any atom is 0.419 e. The number of nitrogens with zero attached hydrogens (tertiary/aromatic N) is 6. The highest BCUT2D eigenvalue weighted by Crippen LogP contribution is 2.29. The van der Waals surface area contributed by atoms with E-state index >= 15 is 0 Å². The second kappa shape index (κ2) is 13.1. The van der Waals surface area contributed by atoms with Gasteiger partial charge in [0.25, 0.3) is 0 Å². The summed E-state index contributed by atoms with van der Waals surface area (Å²) in [5, 5.41) is 11.8. The van der Waals surface area contributed by atoms with Crippen molar-refractivity contribution in [1.29, 1.82) is 5.26 Å². The van der Waals surface area contributed by atoms with Crippen LogP contribution in [0, 0.1) is 17.2 Å². The maximum absolute atomic E-state index is 12.7. The van der Waals surface area contributed by atoms with Gasteiger partial charge in [0.2, 0.25) is 5.91 Å². The van der Waals surface area contributed by atoms with E-state index in [0.717, 1.165) is 6.42 Å². The molecule has 216 valence electrons. The summed E-state index contributed by atoms with van der Waals surface area (Å²) in [7, 11) is 1.88. The molecular weight excluding hydrogens is 522 g/mol. The summed E-state index contributed by atoms with van der Waals surface area (Å²) in [5.74, 6) is -0.0530. The number of hydrogen-bond donors (Lipinski definition) is 1. The van der Waals surface area contributed by atoms with E-state index in [-0.39, 0.29) is 44.0 Å². The zero-order chi connectivity index (χ0) is 29.4. The number of nitrogens with one attached hydrogen (secondary N) is 1. The number of fused-ring (bicyclic) bond motifs is 1. The smallest absolute Gasteiger partial charge is 0.419 e. The SMILES string of the molecule is C[C@@H]1CCN(C(=O)CC#N)CC1N(C)c1ncnc2c1ccn2C(=O)OCCOC(=O)CNC(=O)OC(C)(C)C. The van der Waals surface area contributed by atoms with Crippen molar-refractivity contribution in [3.8, 4) is 6.07 Å². The minimum absolute atomic E-state index is 0.0516. The number of anilines is 1. The molecule has 2 amide bonds. The predicted octanol–water partition coefficient (Wildman–Crippen LogP) is 2.07. The molecule has 1 saturated heterocycles. The number of amides is 2. The van der Waals surface area contributed by atoms with E-state index in [1.54, 1.807) is 31.7 Å². The second-order valence-electron chi connectivity index (χ2n) is 10.4. The van der Waals surface area contributed by atoms with Crippen molar-refractivity contribution in [2.45, 2.75) is 52.2 Å². The third kappa shape index (κ3) is 7.81. The number of likely N-dealkylation sites (N-methyl/N-ethyl adjacent to an activating group) is 1. The molecule has 1 aliphatic rings. The third-order valence-corrected chi connectivity index (χ3v) is 6.34. The number of alkyl carbamates (subject to hydrolysis) is 1. The molecule has 0 radical (unpaired) electrons. The van der Waals surface area contributed by atoms with Crippen molar-refractivity contribution in [3.63, 3.8) is 0 Å². The van der Waals surface area contributed by atoms with Crippen molar-refractivity contribution in [2.24, 2.45) is 5.92 Å². The van der Waals surface area contributed by atoms with Crippen LogP contribution in [-0.4, -0.2) is 95.0 Å². The first-order valence-corrected chi connectivity index (χ1v) is 12.9. The Morgan fingerprint density at radius 1 is 1.20 bits per heavy atom. The number of esters is 1. The highest BCUT2D eigenvalue weighted by atomic mass is 16.6. The standard InChI is InChI=1S/C26H35N7O7/c1-17-7-10-32(20(34)6-9-27)15-19(17)31(5)22-18-8-11-33(23(18)30-16-29-22)25(37)39-13-12-38-21(35)14-28-24(36)40-26(2,3)4/h8,11,16-17,19H,6-7,10,12-15H2,1-5H3,(H,28,36)/t17-,19?/m1/s1. The molecule has 14 nitrogen and oxygen atoms in total. The van der Waals surface area contributed by atoms with Crippen molar-refractivity contribution in [3.05, 3.63) is 18.6 Å². The maximum atomic E-state index is 12.7. The fourth-order valence-electron chi connectivity index (χ4n) is 4.35. The molecule has 1 N–H and O–H groups in total. The highest BCUT2D eigenvalue weighted by Gasteiger charge is 2.33. The number of likely N-dealkylation sites (tertiary alicyclic amines) is 1. The summed E-state index contributed by atoms with van der Waals surface area (Å²) in [6.07, 6.45) is 2.03. The van der Waals surface area contributed by atoms with Gasteiger partial charge in [-0.3, -0.25) is 9.59 Å². The average molecular weight is 558 g/mol. The molecule has 40 heavy (non-hydrogen) atoms. The van der Waals surface area contributed by atoms with Crippen LogP contribution in [0.5, 0.6) is 0 Å². The topological polar surface area (TPSA) is 169 Å². The summed E-state index contributed by atoms with van der Waals surface area (Å²) >= 11 is 0. The van der Waals surface area contributed by atoms with Gasteiger partial charge in [0.05, 0.1) is 17.5 Å². The molecule has 0 bridgehead atoms. The van der Waals surface area contributed by atoms with E-state index < -0.39 is 23.8 Å². The molecular formula is C26H35N7O7. The van der Waals surface area contributed by atoms with Gasteiger partial charge in [-0.05, 0) is 39.2 Å². The molecule has 3 rings (SSSR count). The molecule has 2 atom stereocenters. The average Bonchev–Trinajstić information content (AvgIpc) is 3.33. The summed E-state index contributed by atoms with van der Waals surface area (Å²) in [4.78, 5) is 60.8. The summed E-state index contributed by atoms with van der Waals surface area (Å²) < 4.78 is 16.5. The number of carbonyl (C=O) groups excluding carboxylic acids is 4. The minimum Gasteiger partial charge on any atom is -0.461 e. The molecule has 1 unspecified atom stereocenters. The second-order valence-corrected chi connectivity index (χ2v) is 10.4. The minimum atomic E-state index is -0.745. The van der Waals surface area contributed by atoms with Crippen LogP contribution in [0.2, 0.25) is 0 Å². The number of hydrogen-bond acceptors (Lipinski definition) is 11. The Hall–Kier alpha value is -4.41. The Bertz CT molecular complexity index is 1280. The number of aromatic nitrogens is 3. The van der Waals surface area contributed by atoms with E-state index in [0.29, 0.717) is 29.9 Å². The van der Waals surface area contributed by atoms with Crippen LogP contribution in [0.25, 0.3) is 11.0 Å². The molecule has 3 heterocycles. The Kier molecular flexibility index (Phi) is 9.87. The summed E-state index contributed by atoms with van der Waals surface area (Å²) in [6, 6.07) is 3.57. The number of piperidine rings is 1. The van der Waals surface area contributed by atoms with Gasteiger partial charge in [0.15, 0.2) is 5.65 Å². The van der Waals surface area contributed by atoms with Gasteiger partial charge in [-0.1, -0.05) is 6.92 Å². The van der Waals surface area contributed by atoms with Crippen molar-refractivity contribution < 1.29 is 33.4 Å². The van der Waals surface area contributed by atoms with Gasteiger partial charge in [-0.2, -0.15) is 5.26 Å². The molecule has 2 aromatic rings. The lowest BCUT2D eigenvalue weighted by Crippen LogP contribution is -2.52. The molecule has 2 aromatic heterocycles. The van der Waals surface area contributed by atoms with Crippen LogP contribution in [0.15, 0.2) is 18.6 Å². The van der Waals surface area contributed by atoms with E-state index in [9.17, 15) is 19.2 Å². The third-order valence-electron chi connectivity index (χ3n) is 6.34. The van der Waals surface area contributed by atoms with E-state index in [2.05, 4.69) is 22.2 Å². The molecule has 0 saturated carbocycles. The first kappa shape index (κ1) is 30.1. The first-order chi connectivity index (χ1) is 18.9. The molecule has 1 aliphatic heterocycles. The number of ether oxygens (including phenoxy) is 3. The summed E-state index contributed by atoms with van der Waals surface area (Å²) in [5.41, 5.74) is -0.360. The lowest BCUT2D eigenvalue weighted by Gasteiger charge is -2.42. The Morgan fingerprint density at radius 2 is 1.93 bits per heavy atom. The molecule has 0 aliphatic carbocycles. The number of carbonyl (C=O) groups is 4. The fourth-order valence-corrected chi connectivity index (χ4v) is 4.35. The quantitative estimate of drug-likeness (QED) is 0.286. The van der Waals surface area contributed by atoms with Gasteiger partial charge in [0.1, 0.15) is 43.9 Å². The van der Waals surface area contributed by atoms with Gasteiger partial charge in [-0.25, -0.2) is 24.1 Å². The lowest BCUT2D eigenvalue weighted by atomic mass is 9.92. The predicted molar refractivity (Wildman–Crippen MR) is 142 cm³/mol. The lowest BCUT2D eigenvalue weighted by molar-refractivity contribution is -0.143. The van der Waals surface area contributed by atoms with Gasteiger partial charge in [0, 0.05) is 26.3 Å². The number of rotatable bonds is 8. The van der Waals surface area contributed by atoms with Crippen LogP contribution < -0.4 is 10.2 Å². The zero-order valence-corrected chi connectivity index (χ0v) is 23.4. The van der Waals surface area contributed by atoms with Crippen LogP contribution in [0.3, 0.4) is 0 Å². The van der Waals surface area contributed by atoms with Crippen LogP contribution >= 0.6 is 0 Å². The van der Waals surface area contributed by atoms with E-state index in [4.69, 9.17) is 19.5 Å². The first-order valence-electron chi connectivity index (χ1n) is 12.9. The van der Waals surface area contributed by atoms with Gasteiger partial charge < -0.3 is 29.3 Å². The van der Waals surface area contributed by atoms with Crippen LogP contribution in [0.1, 0.15) is 40.5 Å². The van der Waals surface area contributed by atoms with E-state index in [1.807, 2.05) is 18.0 Å². The van der Waals surface area contributed by atoms with Crippen LogP contribution in [0.4, 0.5) is 15.4 Å². The van der Waals surface area contributed by atoms with Gasteiger partial charge in [-0.15, -0.1) is 0 Å². The largest absolute Gasteiger partial charge is 0.461 e. The number of nitriles is 1. The fraction of sp³-hybridized carbons (Fsp3) is 0.577. The Balaban J connectivity index is 1.57. The summed E-state index contributed by atoms with van der Waals surface area (Å²) in [6.45, 7) is 7.46. The molecule has 0 aromatic carbocycles. The Morgan fingerprint density at radius 3 is 2.62 bits per heavy atom. The molecule has 14 heteroatoms.